The van der Waals surface area contributed by atoms with Crippen molar-refractivity contribution in [3.63, 3.8) is 0 Å². The molecule has 26 heavy (non-hydrogen) atoms. The van der Waals surface area contributed by atoms with Gasteiger partial charge in [0.15, 0.2) is 0 Å². The first-order valence-corrected chi connectivity index (χ1v) is 9.68. The lowest BCUT2D eigenvalue weighted by molar-refractivity contribution is -0.140. The Morgan fingerprint density at radius 2 is 1.88 bits per heavy atom. The maximum absolute atomic E-state index is 12.9. The number of rotatable bonds is 3. The Labute approximate surface area is 163 Å². The summed E-state index contributed by atoms with van der Waals surface area (Å²) >= 11 is 0. The molecule has 0 radical (unpaired) electrons. The maximum Gasteiger partial charge on any atom is 0.227 e. The van der Waals surface area contributed by atoms with E-state index in [0.717, 1.165) is 57.4 Å². The number of nitrogens with zero attached hydrogens (tertiary/aromatic N) is 1. The van der Waals surface area contributed by atoms with Crippen LogP contribution >= 0.6 is 12.4 Å². The van der Waals surface area contributed by atoms with Crippen LogP contribution in [-0.2, 0) is 4.79 Å². The zero-order valence-electron chi connectivity index (χ0n) is 16.3. The summed E-state index contributed by atoms with van der Waals surface area (Å²) in [5.41, 5.74) is 8.46. The number of halogens is 1. The van der Waals surface area contributed by atoms with E-state index in [9.17, 15) is 4.79 Å². The first kappa shape index (κ1) is 21.0. The largest absolute Gasteiger partial charge is 0.490 e. The summed E-state index contributed by atoms with van der Waals surface area (Å²) in [4.78, 5) is 15.0. The predicted octanol–water partition coefficient (Wildman–Crippen LogP) is 4.00. The van der Waals surface area contributed by atoms with Crippen LogP contribution in [0.1, 0.15) is 56.6 Å². The molecule has 5 heteroatoms. The SMILES string of the molecule is Cc1ccc(C)c(OC2CCN(C(=O)C3CCCCC3(C)N)CC2)c1.Cl. The molecule has 2 aliphatic rings. The normalized spacial score (nSPS) is 26.9. The lowest BCUT2D eigenvalue weighted by Crippen LogP contribution is -2.55. The van der Waals surface area contributed by atoms with Crippen molar-refractivity contribution in [2.24, 2.45) is 11.7 Å². The quantitative estimate of drug-likeness (QED) is 0.862. The van der Waals surface area contributed by atoms with Crippen LogP contribution in [0.3, 0.4) is 0 Å². The van der Waals surface area contributed by atoms with E-state index in [2.05, 4.69) is 32.0 Å². The highest BCUT2D eigenvalue weighted by Crippen LogP contribution is 2.34. The number of likely N-dealkylation sites (tertiary alicyclic amines) is 1. The summed E-state index contributed by atoms with van der Waals surface area (Å²) in [6.45, 7) is 7.77. The van der Waals surface area contributed by atoms with Gasteiger partial charge >= 0.3 is 0 Å². The molecular weight excluding hydrogens is 348 g/mol. The van der Waals surface area contributed by atoms with Crippen molar-refractivity contribution in [2.45, 2.75) is 70.9 Å². The van der Waals surface area contributed by atoms with Gasteiger partial charge in [0.25, 0.3) is 0 Å². The number of ether oxygens (including phenoxy) is 1. The molecule has 1 saturated carbocycles. The molecule has 0 spiro atoms. The average Bonchev–Trinajstić information content (AvgIpc) is 2.58. The Hall–Kier alpha value is -1.26. The van der Waals surface area contributed by atoms with Crippen LogP contribution in [0.2, 0.25) is 0 Å². The molecule has 1 heterocycles. The molecular formula is C21H33ClN2O2. The highest BCUT2D eigenvalue weighted by molar-refractivity contribution is 5.85. The number of hydrogen-bond donors (Lipinski definition) is 1. The third-order valence-corrected chi connectivity index (χ3v) is 5.94. The fourth-order valence-electron chi connectivity index (χ4n) is 4.19. The average molecular weight is 381 g/mol. The molecule has 3 rings (SSSR count). The second-order valence-electron chi connectivity index (χ2n) is 8.22. The Bertz CT molecular complexity index is 624. The minimum Gasteiger partial charge on any atom is -0.490 e. The molecule has 1 saturated heterocycles. The number of carbonyl (C=O) groups excluding carboxylic acids is 1. The highest BCUT2D eigenvalue weighted by Gasteiger charge is 2.40. The number of carbonyl (C=O) groups is 1. The first-order valence-electron chi connectivity index (χ1n) is 9.68. The standard InChI is InChI=1S/C21H32N2O2.ClH/c1-15-7-8-16(2)19(14-15)25-17-9-12-23(13-10-17)20(24)18-6-4-5-11-21(18,3)22;/h7-8,14,17-18H,4-6,9-13,22H2,1-3H3;1H. The van der Waals surface area contributed by atoms with Gasteiger partial charge in [-0.2, -0.15) is 0 Å². The second kappa shape index (κ2) is 8.62. The van der Waals surface area contributed by atoms with Crippen molar-refractivity contribution in [2.75, 3.05) is 13.1 Å². The summed E-state index contributed by atoms with van der Waals surface area (Å²) < 4.78 is 6.22. The number of benzene rings is 1. The van der Waals surface area contributed by atoms with Gasteiger partial charge in [0.2, 0.25) is 5.91 Å². The molecule has 2 atom stereocenters. The van der Waals surface area contributed by atoms with E-state index in [-0.39, 0.29) is 35.9 Å². The number of amides is 1. The molecule has 2 unspecified atom stereocenters. The van der Waals surface area contributed by atoms with E-state index in [4.69, 9.17) is 10.5 Å². The molecule has 0 aromatic heterocycles. The molecule has 0 bridgehead atoms. The molecule has 4 nitrogen and oxygen atoms in total. The summed E-state index contributed by atoms with van der Waals surface area (Å²) in [6, 6.07) is 6.32. The van der Waals surface area contributed by atoms with Gasteiger partial charge < -0.3 is 15.4 Å². The topological polar surface area (TPSA) is 55.6 Å². The molecule has 1 aromatic rings. The molecule has 2 fully saturated rings. The zero-order valence-corrected chi connectivity index (χ0v) is 17.1. The van der Waals surface area contributed by atoms with Crippen molar-refractivity contribution in [3.8, 4) is 5.75 Å². The van der Waals surface area contributed by atoms with Crippen LogP contribution in [0.25, 0.3) is 0 Å². The number of piperidine rings is 1. The highest BCUT2D eigenvalue weighted by atomic mass is 35.5. The van der Waals surface area contributed by atoms with E-state index < -0.39 is 0 Å². The van der Waals surface area contributed by atoms with Gasteiger partial charge in [0.05, 0.1) is 5.92 Å². The van der Waals surface area contributed by atoms with Gasteiger partial charge in [-0.15, -0.1) is 12.4 Å². The third-order valence-electron chi connectivity index (χ3n) is 5.94. The molecule has 2 N–H and O–H groups in total. The van der Waals surface area contributed by atoms with Crippen molar-refractivity contribution in [3.05, 3.63) is 29.3 Å². The van der Waals surface area contributed by atoms with Crippen LogP contribution in [0.15, 0.2) is 18.2 Å². The van der Waals surface area contributed by atoms with E-state index in [1.807, 2.05) is 11.8 Å². The van der Waals surface area contributed by atoms with Gasteiger partial charge in [-0.3, -0.25) is 4.79 Å². The van der Waals surface area contributed by atoms with Crippen molar-refractivity contribution in [1.29, 1.82) is 0 Å². The van der Waals surface area contributed by atoms with Crippen molar-refractivity contribution in [1.82, 2.24) is 4.90 Å². The Morgan fingerprint density at radius 1 is 1.19 bits per heavy atom. The summed E-state index contributed by atoms with van der Waals surface area (Å²) in [6.07, 6.45) is 6.14. The van der Waals surface area contributed by atoms with Gasteiger partial charge in [-0.25, -0.2) is 0 Å². The Morgan fingerprint density at radius 3 is 2.54 bits per heavy atom. The fourth-order valence-corrected chi connectivity index (χ4v) is 4.19. The summed E-state index contributed by atoms with van der Waals surface area (Å²) in [7, 11) is 0. The van der Waals surface area contributed by atoms with Gasteiger partial charge in [0, 0.05) is 31.5 Å². The number of hydrogen-bond acceptors (Lipinski definition) is 3. The zero-order chi connectivity index (χ0) is 18.0. The summed E-state index contributed by atoms with van der Waals surface area (Å²) in [5.74, 6) is 1.22. The molecule has 146 valence electrons. The number of aryl methyl sites for hydroxylation is 2. The van der Waals surface area contributed by atoms with E-state index in [0.29, 0.717) is 0 Å². The lowest BCUT2D eigenvalue weighted by atomic mass is 9.74. The van der Waals surface area contributed by atoms with Crippen LogP contribution in [0, 0.1) is 19.8 Å². The van der Waals surface area contributed by atoms with Crippen LogP contribution in [0.4, 0.5) is 0 Å². The monoisotopic (exact) mass is 380 g/mol. The molecule has 1 amide bonds. The van der Waals surface area contributed by atoms with E-state index in [1.165, 1.54) is 11.1 Å². The Balaban J connectivity index is 0.00000243. The summed E-state index contributed by atoms with van der Waals surface area (Å²) in [5, 5.41) is 0. The molecule has 1 aromatic carbocycles. The van der Waals surface area contributed by atoms with Crippen LogP contribution in [-0.4, -0.2) is 35.5 Å². The van der Waals surface area contributed by atoms with Gasteiger partial charge in [-0.05, 0) is 50.8 Å². The third kappa shape index (κ3) is 4.72. The second-order valence-corrected chi connectivity index (χ2v) is 8.22. The maximum atomic E-state index is 12.9. The lowest BCUT2D eigenvalue weighted by Gasteiger charge is -2.41. The number of nitrogens with two attached hydrogens (primary N) is 1. The first-order chi connectivity index (χ1) is 11.9. The molecule has 1 aliphatic heterocycles. The van der Waals surface area contributed by atoms with Crippen molar-refractivity contribution < 1.29 is 9.53 Å². The van der Waals surface area contributed by atoms with E-state index in [1.54, 1.807) is 0 Å². The molecule has 1 aliphatic carbocycles. The fraction of sp³-hybridized carbons (Fsp3) is 0.667. The minimum atomic E-state index is -0.346. The van der Waals surface area contributed by atoms with Gasteiger partial charge in [-0.1, -0.05) is 25.0 Å². The van der Waals surface area contributed by atoms with Crippen LogP contribution < -0.4 is 10.5 Å². The minimum absolute atomic E-state index is 0. The smallest absolute Gasteiger partial charge is 0.227 e. The van der Waals surface area contributed by atoms with E-state index >= 15 is 0 Å². The predicted molar refractivity (Wildman–Crippen MR) is 108 cm³/mol. The van der Waals surface area contributed by atoms with Crippen molar-refractivity contribution >= 4 is 18.3 Å². The van der Waals surface area contributed by atoms with Crippen LogP contribution in [0.5, 0.6) is 5.75 Å². The van der Waals surface area contributed by atoms with Gasteiger partial charge in [0.1, 0.15) is 11.9 Å². The Kier molecular flexibility index (Phi) is 6.98.